The van der Waals surface area contributed by atoms with Crippen molar-refractivity contribution >= 4 is 23.6 Å². The molecule has 0 saturated carbocycles. The van der Waals surface area contributed by atoms with Gasteiger partial charge in [0.1, 0.15) is 0 Å². The molecule has 4 rings (SSSR count). The third kappa shape index (κ3) is 3.55. The minimum Gasteiger partial charge on any atom is -0.325 e. The predicted molar refractivity (Wildman–Crippen MR) is 119 cm³/mol. The van der Waals surface area contributed by atoms with Gasteiger partial charge in [0.25, 0.3) is 5.91 Å². The highest BCUT2D eigenvalue weighted by atomic mass is 16.2. The minimum absolute atomic E-state index is 0.0967. The molecule has 0 bridgehead atoms. The summed E-state index contributed by atoms with van der Waals surface area (Å²) in [4.78, 5) is 38.3. The first kappa shape index (κ1) is 20.7. The van der Waals surface area contributed by atoms with Crippen molar-refractivity contribution in [2.45, 2.75) is 64.6 Å². The van der Waals surface area contributed by atoms with E-state index >= 15 is 0 Å². The molecule has 2 saturated heterocycles. The van der Waals surface area contributed by atoms with Crippen LogP contribution in [-0.2, 0) is 11.2 Å². The second-order valence-corrected chi connectivity index (χ2v) is 8.45. The highest BCUT2D eigenvalue weighted by molar-refractivity contribution is 6.07. The fraction of sp³-hybridized carbons (Fsp3) is 0.609. The summed E-state index contributed by atoms with van der Waals surface area (Å²) in [6, 6.07) is 7.89. The molecule has 3 aliphatic rings. The number of fused-ring (bicyclic) bond motifs is 3. The molecule has 1 aromatic carbocycles. The van der Waals surface area contributed by atoms with Crippen LogP contribution in [-0.4, -0.2) is 71.5 Å². The molecule has 2 atom stereocenters. The van der Waals surface area contributed by atoms with E-state index in [1.807, 2.05) is 0 Å². The van der Waals surface area contributed by atoms with Crippen LogP contribution in [0.5, 0.6) is 0 Å². The van der Waals surface area contributed by atoms with E-state index in [-0.39, 0.29) is 11.9 Å². The van der Waals surface area contributed by atoms with Crippen molar-refractivity contribution in [1.82, 2.24) is 14.7 Å². The maximum atomic E-state index is 13.3. The van der Waals surface area contributed by atoms with Crippen LogP contribution >= 0.6 is 0 Å². The number of amides is 3. The normalized spacial score (nSPS) is 23.2. The SMILES string of the molecule is CCCCCCCN1C(=O)C2C(N=C3N(c4ccc(CC)cc4)CCN32)N(C)C1=O. The Hall–Kier alpha value is -2.57. The van der Waals surface area contributed by atoms with Crippen molar-refractivity contribution < 1.29 is 9.59 Å². The van der Waals surface area contributed by atoms with Gasteiger partial charge in [0.05, 0.1) is 0 Å². The van der Waals surface area contributed by atoms with E-state index in [4.69, 9.17) is 4.99 Å². The Morgan fingerprint density at radius 2 is 1.73 bits per heavy atom. The van der Waals surface area contributed by atoms with Gasteiger partial charge in [0.15, 0.2) is 12.2 Å². The number of carbonyl (C=O) groups excluding carboxylic acids is 2. The molecule has 2 unspecified atom stereocenters. The van der Waals surface area contributed by atoms with Crippen molar-refractivity contribution in [3.8, 4) is 0 Å². The quantitative estimate of drug-likeness (QED) is 0.616. The van der Waals surface area contributed by atoms with Crippen LogP contribution in [0.2, 0.25) is 0 Å². The Balaban J connectivity index is 1.49. The van der Waals surface area contributed by atoms with E-state index in [1.54, 1.807) is 11.9 Å². The largest absolute Gasteiger partial charge is 0.328 e. The number of nitrogens with zero attached hydrogens (tertiary/aromatic N) is 5. The van der Waals surface area contributed by atoms with Gasteiger partial charge in [-0.05, 0) is 30.5 Å². The van der Waals surface area contributed by atoms with Crippen LogP contribution < -0.4 is 4.90 Å². The Labute approximate surface area is 179 Å². The fourth-order valence-corrected chi connectivity index (χ4v) is 4.67. The Bertz CT molecular complexity index is 821. The smallest absolute Gasteiger partial charge is 0.325 e. The second-order valence-electron chi connectivity index (χ2n) is 8.45. The first-order valence-corrected chi connectivity index (χ1v) is 11.4. The molecule has 0 aromatic heterocycles. The maximum Gasteiger partial charge on any atom is 0.328 e. The van der Waals surface area contributed by atoms with E-state index in [9.17, 15) is 9.59 Å². The van der Waals surface area contributed by atoms with Crippen molar-refractivity contribution in [2.75, 3.05) is 31.6 Å². The van der Waals surface area contributed by atoms with Crippen molar-refractivity contribution in [3.05, 3.63) is 29.8 Å². The second kappa shape index (κ2) is 8.66. The average molecular weight is 412 g/mol. The summed E-state index contributed by atoms with van der Waals surface area (Å²) in [6.07, 6.45) is 6.02. The van der Waals surface area contributed by atoms with Gasteiger partial charge in [-0.1, -0.05) is 51.7 Å². The summed E-state index contributed by atoms with van der Waals surface area (Å²) in [5, 5.41) is 0. The van der Waals surface area contributed by atoms with E-state index in [1.165, 1.54) is 23.3 Å². The number of benzene rings is 1. The lowest BCUT2D eigenvalue weighted by atomic mass is 10.1. The number of unbranched alkanes of at least 4 members (excludes halogenated alkanes) is 4. The van der Waals surface area contributed by atoms with Crippen LogP contribution in [0.4, 0.5) is 10.5 Å². The average Bonchev–Trinajstić information content (AvgIpc) is 3.34. The van der Waals surface area contributed by atoms with E-state index in [0.717, 1.165) is 50.4 Å². The molecule has 7 nitrogen and oxygen atoms in total. The molecular weight excluding hydrogens is 378 g/mol. The van der Waals surface area contributed by atoms with Gasteiger partial charge in [-0.25, -0.2) is 9.79 Å². The molecule has 2 fully saturated rings. The number of guanidine groups is 1. The summed E-state index contributed by atoms with van der Waals surface area (Å²) in [5.74, 6) is 0.715. The molecule has 0 radical (unpaired) electrons. The topological polar surface area (TPSA) is 59.5 Å². The number of imide groups is 1. The zero-order chi connectivity index (χ0) is 21.3. The number of carbonyl (C=O) groups is 2. The van der Waals surface area contributed by atoms with Crippen LogP contribution in [0.3, 0.4) is 0 Å². The van der Waals surface area contributed by atoms with Crippen LogP contribution in [0, 0.1) is 0 Å². The molecule has 3 amide bonds. The number of anilines is 1. The molecular formula is C23H33N5O2. The molecule has 0 aliphatic carbocycles. The molecule has 162 valence electrons. The van der Waals surface area contributed by atoms with Gasteiger partial charge >= 0.3 is 6.03 Å². The molecule has 0 N–H and O–H groups in total. The Morgan fingerprint density at radius 3 is 2.43 bits per heavy atom. The molecule has 30 heavy (non-hydrogen) atoms. The lowest BCUT2D eigenvalue weighted by Gasteiger charge is -2.40. The molecule has 1 aromatic rings. The molecule has 3 heterocycles. The van der Waals surface area contributed by atoms with Gasteiger partial charge in [0, 0.05) is 32.4 Å². The number of rotatable bonds is 8. The van der Waals surface area contributed by atoms with Crippen LogP contribution in [0.1, 0.15) is 51.5 Å². The van der Waals surface area contributed by atoms with Crippen molar-refractivity contribution in [3.63, 3.8) is 0 Å². The lowest BCUT2D eigenvalue weighted by molar-refractivity contribution is -0.137. The molecule has 3 aliphatic heterocycles. The number of urea groups is 1. The number of likely N-dealkylation sites (N-methyl/N-ethyl adjacent to an activating group) is 1. The highest BCUT2D eigenvalue weighted by Gasteiger charge is 2.54. The van der Waals surface area contributed by atoms with E-state index in [2.05, 4.69) is 47.9 Å². The number of hydrogen-bond acceptors (Lipinski definition) is 5. The van der Waals surface area contributed by atoms with Gasteiger partial charge in [0.2, 0.25) is 5.96 Å². The van der Waals surface area contributed by atoms with Crippen molar-refractivity contribution in [2.24, 2.45) is 4.99 Å². The first-order chi connectivity index (χ1) is 14.6. The lowest BCUT2D eigenvalue weighted by Crippen LogP contribution is -2.64. The maximum absolute atomic E-state index is 13.3. The zero-order valence-electron chi connectivity index (χ0n) is 18.4. The monoisotopic (exact) mass is 411 g/mol. The van der Waals surface area contributed by atoms with Crippen molar-refractivity contribution in [1.29, 1.82) is 0 Å². The van der Waals surface area contributed by atoms with E-state index < -0.39 is 12.2 Å². The standard InChI is InChI=1S/C23H33N5O2/c1-4-6-7-8-9-14-28-21(29)19-20(25(3)23(28)30)24-22-26(15-16-27(19)22)18-12-10-17(5-2)11-13-18/h10-13,19-20H,4-9,14-16H2,1-3H3. The summed E-state index contributed by atoms with van der Waals surface area (Å²) in [5.41, 5.74) is 2.38. The predicted octanol–water partition coefficient (Wildman–Crippen LogP) is 3.30. The third-order valence-corrected chi connectivity index (χ3v) is 6.52. The summed E-state index contributed by atoms with van der Waals surface area (Å²) in [6.45, 7) is 6.37. The van der Waals surface area contributed by atoms with Gasteiger partial charge in [-0.3, -0.25) is 9.69 Å². The zero-order valence-corrected chi connectivity index (χ0v) is 18.4. The number of aryl methyl sites for hydroxylation is 1. The van der Waals surface area contributed by atoms with Gasteiger partial charge < -0.3 is 14.7 Å². The fourth-order valence-electron chi connectivity index (χ4n) is 4.67. The number of hydrogen-bond donors (Lipinski definition) is 0. The molecule has 0 spiro atoms. The summed E-state index contributed by atoms with van der Waals surface area (Å²) < 4.78 is 0. The Kier molecular flexibility index (Phi) is 5.97. The molecule has 7 heteroatoms. The summed E-state index contributed by atoms with van der Waals surface area (Å²) in [7, 11) is 1.77. The van der Waals surface area contributed by atoms with E-state index in [0.29, 0.717) is 6.54 Å². The summed E-state index contributed by atoms with van der Waals surface area (Å²) >= 11 is 0. The Morgan fingerprint density at radius 1 is 1.00 bits per heavy atom. The van der Waals surface area contributed by atoms with Gasteiger partial charge in [-0.2, -0.15) is 0 Å². The van der Waals surface area contributed by atoms with Crippen LogP contribution in [0.15, 0.2) is 29.3 Å². The third-order valence-electron chi connectivity index (χ3n) is 6.52. The number of aliphatic imine (C=N–C) groups is 1. The highest BCUT2D eigenvalue weighted by Crippen LogP contribution is 2.33. The van der Waals surface area contributed by atoms with Crippen LogP contribution in [0.25, 0.3) is 0 Å². The first-order valence-electron chi connectivity index (χ1n) is 11.4. The van der Waals surface area contributed by atoms with Gasteiger partial charge in [-0.15, -0.1) is 0 Å². The minimum atomic E-state index is -0.436.